The maximum absolute atomic E-state index is 12.8. The molecule has 5 aromatic rings. The zero-order valence-electron chi connectivity index (χ0n) is 83.8. The molecule has 10 aliphatic heterocycles. The molecule has 41 heteroatoms. The van der Waals surface area contributed by atoms with E-state index in [9.17, 15) is 71.2 Å². The Morgan fingerprint density at radius 1 is 0.293 bits per heavy atom. The van der Waals surface area contributed by atoms with E-state index >= 15 is 0 Å². The molecule has 10 bridgehead atoms. The number of aliphatic hydroxyl groups is 8. The van der Waals surface area contributed by atoms with E-state index in [1.807, 2.05) is 24.3 Å². The number of carbonyl (C=O) groups excluding carboxylic acids is 1. The third-order valence-corrected chi connectivity index (χ3v) is 42.4. The highest BCUT2D eigenvalue weighted by Gasteiger charge is 2.83. The van der Waals surface area contributed by atoms with Crippen molar-refractivity contribution in [1.82, 2.24) is 0 Å². The van der Waals surface area contributed by atoms with Gasteiger partial charge in [0.25, 0.3) is 0 Å². The van der Waals surface area contributed by atoms with Crippen molar-refractivity contribution in [2.75, 3.05) is 101 Å². The first-order chi connectivity index (χ1) is 67.1. The lowest BCUT2D eigenvalue weighted by molar-refractivity contribution is -0.950. The molecule has 10 heterocycles. The monoisotopic (exact) mass is 2420 g/mol. The van der Waals surface area contributed by atoms with Crippen molar-refractivity contribution >= 4 is 37.6 Å². The maximum atomic E-state index is 12.8. The first-order valence-corrected chi connectivity index (χ1v) is 55.4. The number of halogens is 5. The van der Waals surface area contributed by atoms with Gasteiger partial charge in [-0.2, -0.15) is 0 Å². The molecule has 5 unspecified atom stereocenters. The Labute approximate surface area is 914 Å². The zero-order chi connectivity index (χ0) is 100. The smallest absolute Gasteiger partial charge is 0.425 e. The number of phenolic OH excluding ortho intramolecular Hbond substituents is 5. The van der Waals surface area contributed by atoms with E-state index in [-0.39, 0.29) is 161 Å². The molecule has 810 valence electrons. The van der Waals surface area contributed by atoms with E-state index in [0.717, 1.165) is 221 Å². The summed E-state index contributed by atoms with van der Waals surface area (Å²) in [5.74, 6) is 8.00. The average Bonchev–Trinajstić information content (AvgIpc) is 1.57. The molecule has 5 aromatic carbocycles. The van der Waals surface area contributed by atoms with Crippen LogP contribution in [0.2, 0.25) is 0 Å². The van der Waals surface area contributed by atoms with Crippen molar-refractivity contribution in [1.29, 1.82) is 0 Å². The normalized spacial score (nSPS) is 42.5. The number of rotatable bonds is 10. The van der Waals surface area contributed by atoms with Crippen molar-refractivity contribution in [2.45, 2.75) is 334 Å². The summed E-state index contributed by atoms with van der Waals surface area (Å²) in [6.07, 6.45) is 24.2. The van der Waals surface area contributed by atoms with Crippen LogP contribution in [0.5, 0.6) is 57.5 Å². The van der Waals surface area contributed by atoms with Gasteiger partial charge in [0.15, 0.2) is 69.4 Å². The number of ether oxygens (including phenoxy) is 5. The van der Waals surface area contributed by atoms with E-state index in [4.69, 9.17) is 61.6 Å². The van der Waals surface area contributed by atoms with E-state index in [1.54, 1.807) is 30.3 Å². The molecule has 29 atom stereocenters. The molecule has 13 N–H and O–H groups in total. The summed E-state index contributed by atoms with van der Waals surface area (Å²) in [5.41, 5.74) is 4.19. The number of hydrogen-bond acceptors (Lipinski definition) is 28. The van der Waals surface area contributed by atoms with Crippen LogP contribution >= 0.6 is 0 Å². The molecule has 5 spiro atoms. The van der Waals surface area contributed by atoms with Crippen molar-refractivity contribution < 1.29 is 240 Å². The minimum absolute atomic E-state index is 0. The van der Waals surface area contributed by atoms with Crippen molar-refractivity contribution in [3.05, 3.63) is 116 Å². The summed E-state index contributed by atoms with van der Waals surface area (Å²) < 4.78 is 112. The lowest BCUT2D eigenvalue weighted by atomic mass is 9.47. The lowest BCUT2D eigenvalue weighted by Crippen LogP contribution is -3.00. The van der Waals surface area contributed by atoms with E-state index in [0.29, 0.717) is 86.0 Å². The fraction of sp³-hybridized carbons (Fsp3) is 0.708. The Morgan fingerprint density at radius 3 is 0.741 bits per heavy atom. The van der Waals surface area contributed by atoms with Crippen LogP contribution in [-0.2, 0) is 95.8 Å². The molecule has 33 nitrogen and oxygen atoms in total. The SMILES string of the molecule is C[C@H]1CC[C@@]2(O)[C@H]3Cc4ccc(O)c5c4[C@@]2(CC[N+]3(C)CC2CC2)[C@H]1O5.C[N+]1(CC2CC2)CC[C@]23c4c5ccc(O)c4O[C@H]2C(=O)CC[C@@]3(O)[C@H]1C5.C[N+]1(CC2CC2)CC[C@]23c4c5ccc(O)c4O[C@H]2[C@@H](O)CC[C@@]3(O)[C@H]1C5.C[N+]1(CC2CC2)CC[C@]23c4c5ccc(O)c4O[C@H]2[C@H](O)CC[C@@]3(O)[C@H]1C5.C[N+]1(CC2CC2)CC[C@]23c4c5ccc(O)c4O[C@H]2[C@H](O)CC[C@@]3(O)[C@H]1C5.O=S(=O)=O.O=S(=O)=O.O=S(=O)=O.[Br-].[Br-].[Br-].[Br-].[Br-]. The van der Waals surface area contributed by atoms with Gasteiger partial charge in [-0.1, -0.05) is 37.3 Å². The molecular weight excluding hydrogens is 2290 g/mol. The van der Waals surface area contributed by atoms with Crippen molar-refractivity contribution in [2.24, 2.45) is 35.5 Å². The third kappa shape index (κ3) is 16.1. The third-order valence-electron chi connectivity index (χ3n) is 42.4. The summed E-state index contributed by atoms with van der Waals surface area (Å²) in [6, 6.07) is 19.6. The fourth-order valence-electron chi connectivity index (χ4n) is 35.7. The van der Waals surface area contributed by atoms with Crippen LogP contribution in [0.25, 0.3) is 0 Å². The first-order valence-electron chi connectivity index (χ1n) is 52.4. The molecule has 5 saturated heterocycles. The number of quaternary nitrogens is 5. The Kier molecular flexibility index (Phi) is 28.7. The molecule has 0 amide bonds. The second-order valence-electron chi connectivity index (χ2n) is 49.8. The number of aromatic hydroxyl groups is 5. The lowest BCUT2D eigenvalue weighted by Gasteiger charge is -2.65. The summed E-state index contributed by atoms with van der Waals surface area (Å²) in [6.45, 7) is 13.1. The van der Waals surface area contributed by atoms with Crippen LogP contribution in [0.3, 0.4) is 0 Å². The van der Waals surface area contributed by atoms with Crippen LogP contribution in [0, 0.1) is 35.5 Å². The molecule has 30 rings (SSSR count). The summed E-state index contributed by atoms with van der Waals surface area (Å²) in [7, 11) is 2.35. The predicted octanol–water partition coefficient (Wildman–Crippen LogP) is -9.20. The van der Waals surface area contributed by atoms with E-state index < -0.39 is 124 Å². The molecule has 0 radical (unpaired) electrons. The van der Waals surface area contributed by atoms with Crippen LogP contribution in [0.1, 0.15) is 223 Å². The Morgan fingerprint density at radius 2 is 0.497 bits per heavy atom. The topological polar surface area (TPSA) is 480 Å². The molecular formula is C106H140Br5N5O28S3. The number of Topliss-reactive ketones (excluding diaryl/α,β-unsaturated/α-hetero) is 1. The number of hydrogen-bond donors (Lipinski definition) is 13. The second-order valence-corrected chi connectivity index (χ2v) is 51.0. The quantitative estimate of drug-likeness (QED) is 0.0578. The number of likely N-dealkylation sites (tertiary alicyclic amines) is 5. The molecule has 15 aliphatic carbocycles. The van der Waals surface area contributed by atoms with Gasteiger partial charge in [-0.15, -0.1) is 37.9 Å². The average molecular weight is 2430 g/mol. The van der Waals surface area contributed by atoms with Crippen molar-refractivity contribution in [3.8, 4) is 57.5 Å². The van der Waals surface area contributed by atoms with Gasteiger partial charge < -0.3 is 197 Å². The molecule has 147 heavy (non-hydrogen) atoms. The first kappa shape index (κ1) is 111. The standard InChI is InChI=1S/C22H29NO3.3C21H27NO4.C21H25NO4.5BrH.3O3S/c1-13-7-8-22(25)17-11-15-5-6-16(24)19-18(15)21(22,20(13)26-19)9-10-23(17,2)12-14-3-4-14;4*1-22(11-12-2-3-12)9-8-20-17-13-4-5-14(23)18(17)26-19(20)15(24)6-7-21(20,25)16(22)10-13;;;;;;3*1-4(2)3/h5-6,13-14,17,20,25H,3-4,7-12H2,1-2H3;3*4-5,12,15-16,19,24-25H,2-3,6-11H2,1H3;4-5,12,16,19,25H,2-3,6-11H2,1H3;5*1H;;;/t13-,17+,20-,21-,22+,23?;15-,16+,19-,20-,21+,22?;2*15-,16-,19+,20+,21-,22?;16-,19+,20+,21-,22?;;;;;;;;/m00111......../s1. The van der Waals surface area contributed by atoms with Gasteiger partial charge >= 0.3 is 31.8 Å². The van der Waals surface area contributed by atoms with Gasteiger partial charge in [0.2, 0.25) is 0 Å². The van der Waals surface area contributed by atoms with E-state index in [2.05, 4.69) is 48.2 Å². The number of likely N-dealkylation sites (N-methyl/N-ethyl adjacent to an activating group) is 5. The number of piperidine rings is 5. The van der Waals surface area contributed by atoms with Gasteiger partial charge in [-0.25, -0.2) is 0 Å². The fourth-order valence-corrected chi connectivity index (χ4v) is 35.7. The van der Waals surface area contributed by atoms with Crippen LogP contribution in [0.15, 0.2) is 60.7 Å². The summed E-state index contributed by atoms with van der Waals surface area (Å²) in [5, 5.41) is 145. The Balaban J connectivity index is 0.000000116. The zero-order valence-corrected chi connectivity index (χ0v) is 94.2. The Bertz CT molecular complexity index is 5860. The minimum atomic E-state index is -3.11. The number of ketones is 1. The number of benzene rings is 5. The van der Waals surface area contributed by atoms with Gasteiger partial charge in [0.1, 0.15) is 82.6 Å². The maximum Gasteiger partial charge on any atom is 0.425 e. The number of phenols is 5. The highest BCUT2D eigenvalue weighted by Crippen LogP contribution is 2.74. The predicted molar refractivity (Wildman–Crippen MR) is 507 cm³/mol. The van der Waals surface area contributed by atoms with Crippen LogP contribution in [0.4, 0.5) is 0 Å². The highest BCUT2D eigenvalue weighted by molar-refractivity contribution is 7.59. The number of nitrogens with zero attached hydrogens (tertiary/aromatic N) is 5. The van der Waals surface area contributed by atoms with Gasteiger partial charge in [0.05, 0.1) is 146 Å². The van der Waals surface area contributed by atoms with Gasteiger partial charge in [-0.3, -0.25) is 4.79 Å². The minimum Gasteiger partial charge on any atom is -1.00 e. The van der Waals surface area contributed by atoms with Crippen LogP contribution < -0.4 is 109 Å². The van der Waals surface area contributed by atoms with Crippen molar-refractivity contribution in [3.63, 3.8) is 0 Å². The van der Waals surface area contributed by atoms with Gasteiger partial charge in [-0.05, 0) is 186 Å². The number of aliphatic hydroxyl groups excluding tert-OH is 3. The molecule has 25 aliphatic rings. The Hall–Kier alpha value is -5.49. The second kappa shape index (κ2) is 37.9. The largest absolute Gasteiger partial charge is 1.00 e. The number of carbonyl (C=O) groups is 1. The molecule has 0 aromatic heterocycles. The van der Waals surface area contributed by atoms with Gasteiger partial charge in [0, 0.05) is 128 Å². The van der Waals surface area contributed by atoms with Crippen LogP contribution in [-0.4, -0.2) is 340 Å². The molecule has 10 saturated carbocycles. The summed E-state index contributed by atoms with van der Waals surface area (Å²) >= 11 is 0. The van der Waals surface area contributed by atoms with E-state index in [1.165, 1.54) is 93.0 Å². The summed E-state index contributed by atoms with van der Waals surface area (Å²) in [4.78, 5) is 12.8. The highest BCUT2D eigenvalue weighted by atomic mass is 79.9. The molecule has 15 fully saturated rings.